The van der Waals surface area contributed by atoms with E-state index in [-0.39, 0.29) is 30.2 Å². The van der Waals surface area contributed by atoms with Gasteiger partial charge in [-0.15, -0.1) is 0 Å². The second-order valence-electron chi connectivity index (χ2n) is 9.02. The molecule has 0 radical (unpaired) electrons. The number of ether oxygens (including phenoxy) is 1. The molecule has 0 spiro atoms. The molecule has 0 N–H and O–H groups in total. The van der Waals surface area contributed by atoms with E-state index in [0.717, 1.165) is 24.2 Å². The first kappa shape index (κ1) is 25.0. The number of nitrogens with zero attached hydrogens (tertiary/aromatic N) is 4. The quantitative estimate of drug-likeness (QED) is 0.581. The summed E-state index contributed by atoms with van der Waals surface area (Å²) >= 11 is 0. The van der Waals surface area contributed by atoms with Crippen LogP contribution < -0.4 is 0 Å². The maximum Gasteiger partial charge on any atom is 0.262 e. The predicted molar refractivity (Wildman–Crippen MR) is 132 cm³/mol. The monoisotopic (exact) mass is 480 g/mol. The standard InChI is InChI=1S/C27H33FN4O3/c1-3-26(33)31(13-12-30-14-16-35-17-15-30)19-27(34)32-25(21-10-8-20(2)9-11-21)18-24(29-32)22-6-4-5-7-23(22)28/h4-11,25H,3,12-19H2,1-2H3. The molecule has 1 saturated heterocycles. The molecular formula is C27H33FN4O3. The number of halogens is 1. The highest BCUT2D eigenvalue weighted by Crippen LogP contribution is 2.33. The molecule has 2 heterocycles. The molecule has 8 heteroatoms. The molecule has 2 aliphatic rings. The van der Waals surface area contributed by atoms with Crippen LogP contribution in [0.15, 0.2) is 53.6 Å². The normalized spacial score (nSPS) is 18.4. The van der Waals surface area contributed by atoms with Gasteiger partial charge >= 0.3 is 0 Å². The third kappa shape index (κ3) is 6.13. The van der Waals surface area contributed by atoms with Crippen molar-refractivity contribution in [2.24, 2.45) is 5.10 Å². The highest BCUT2D eigenvalue weighted by Gasteiger charge is 2.35. The van der Waals surface area contributed by atoms with Gasteiger partial charge < -0.3 is 9.64 Å². The molecule has 2 aromatic carbocycles. The Kier molecular flexibility index (Phi) is 8.25. The average molecular weight is 481 g/mol. The lowest BCUT2D eigenvalue weighted by Crippen LogP contribution is -2.46. The van der Waals surface area contributed by atoms with E-state index in [0.29, 0.717) is 50.4 Å². The second kappa shape index (κ2) is 11.6. The average Bonchev–Trinajstić information content (AvgIpc) is 3.32. The lowest BCUT2D eigenvalue weighted by Gasteiger charge is -2.31. The zero-order valence-electron chi connectivity index (χ0n) is 20.5. The number of carbonyl (C=O) groups is 2. The van der Waals surface area contributed by atoms with Gasteiger partial charge in [0.15, 0.2) is 0 Å². The zero-order chi connectivity index (χ0) is 24.8. The van der Waals surface area contributed by atoms with Crippen molar-refractivity contribution in [2.75, 3.05) is 45.9 Å². The lowest BCUT2D eigenvalue weighted by molar-refractivity contribution is -0.141. The van der Waals surface area contributed by atoms with Crippen LogP contribution in [-0.2, 0) is 14.3 Å². The molecular weight excluding hydrogens is 447 g/mol. The van der Waals surface area contributed by atoms with E-state index in [1.807, 2.05) is 31.2 Å². The first-order chi connectivity index (χ1) is 17.0. The van der Waals surface area contributed by atoms with Crippen molar-refractivity contribution in [3.63, 3.8) is 0 Å². The molecule has 35 heavy (non-hydrogen) atoms. The number of hydrogen-bond acceptors (Lipinski definition) is 5. The first-order valence-corrected chi connectivity index (χ1v) is 12.2. The van der Waals surface area contributed by atoms with E-state index in [1.54, 1.807) is 30.0 Å². The van der Waals surface area contributed by atoms with Gasteiger partial charge in [0.05, 0.1) is 25.0 Å². The zero-order valence-corrected chi connectivity index (χ0v) is 20.5. The van der Waals surface area contributed by atoms with Gasteiger partial charge in [0.1, 0.15) is 12.4 Å². The summed E-state index contributed by atoms with van der Waals surface area (Å²) in [4.78, 5) is 30.1. The molecule has 2 aromatic rings. The first-order valence-electron chi connectivity index (χ1n) is 12.2. The number of aryl methyl sites for hydroxylation is 1. The molecule has 7 nitrogen and oxygen atoms in total. The number of morpholine rings is 1. The van der Waals surface area contributed by atoms with Crippen LogP contribution in [0.3, 0.4) is 0 Å². The maximum atomic E-state index is 14.5. The summed E-state index contributed by atoms with van der Waals surface area (Å²) in [5, 5.41) is 6.02. The number of hydrazone groups is 1. The molecule has 0 saturated carbocycles. The lowest BCUT2D eigenvalue weighted by atomic mass is 9.97. The summed E-state index contributed by atoms with van der Waals surface area (Å²) in [7, 11) is 0. The number of amides is 2. The van der Waals surface area contributed by atoms with Crippen LogP contribution in [0.4, 0.5) is 4.39 Å². The van der Waals surface area contributed by atoms with Crippen molar-refractivity contribution in [2.45, 2.75) is 32.7 Å². The molecule has 0 aliphatic carbocycles. The van der Waals surface area contributed by atoms with E-state index in [4.69, 9.17) is 4.74 Å². The number of carbonyl (C=O) groups excluding carboxylic acids is 2. The molecule has 186 valence electrons. The largest absolute Gasteiger partial charge is 0.379 e. The van der Waals surface area contributed by atoms with Crippen molar-refractivity contribution in [3.8, 4) is 0 Å². The number of hydrogen-bond donors (Lipinski definition) is 0. The summed E-state index contributed by atoms with van der Waals surface area (Å²) in [6.07, 6.45) is 0.729. The van der Waals surface area contributed by atoms with Crippen molar-refractivity contribution >= 4 is 17.5 Å². The SMILES string of the molecule is CCC(=O)N(CCN1CCOCC1)CC(=O)N1N=C(c2ccccc2F)CC1c1ccc(C)cc1. The van der Waals surface area contributed by atoms with Crippen LogP contribution in [0.25, 0.3) is 0 Å². The Hall–Kier alpha value is -3.10. The molecule has 0 bridgehead atoms. The summed E-state index contributed by atoms with van der Waals surface area (Å²) in [6.45, 7) is 7.89. The Balaban J connectivity index is 1.55. The van der Waals surface area contributed by atoms with Crippen LogP contribution >= 0.6 is 0 Å². The van der Waals surface area contributed by atoms with Gasteiger partial charge in [-0.05, 0) is 18.6 Å². The smallest absolute Gasteiger partial charge is 0.262 e. The van der Waals surface area contributed by atoms with Crippen LogP contribution in [0.1, 0.15) is 42.5 Å². The minimum atomic E-state index is -0.364. The van der Waals surface area contributed by atoms with Gasteiger partial charge in [-0.2, -0.15) is 5.10 Å². The molecule has 1 atom stereocenters. The van der Waals surface area contributed by atoms with Crippen LogP contribution in [0.5, 0.6) is 0 Å². The van der Waals surface area contributed by atoms with E-state index in [2.05, 4.69) is 10.0 Å². The topological polar surface area (TPSA) is 65.5 Å². The third-order valence-corrected chi connectivity index (χ3v) is 6.58. The second-order valence-corrected chi connectivity index (χ2v) is 9.02. The summed E-state index contributed by atoms with van der Waals surface area (Å²) in [5.74, 6) is -0.710. The van der Waals surface area contributed by atoms with Crippen LogP contribution in [0, 0.1) is 12.7 Å². The van der Waals surface area contributed by atoms with Gasteiger partial charge in [0.2, 0.25) is 5.91 Å². The van der Waals surface area contributed by atoms with Gasteiger partial charge in [0, 0.05) is 44.6 Å². The van der Waals surface area contributed by atoms with Crippen molar-refractivity contribution in [3.05, 3.63) is 71.0 Å². The summed E-state index contributed by atoms with van der Waals surface area (Å²) in [5.41, 5.74) is 2.97. The molecule has 4 rings (SSSR count). The van der Waals surface area contributed by atoms with Gasteiger partial charge in [0.25, 0.3) is 5.91 Å². The Bertz CT molecular complexity index is 1070. The molecule has 1 fully saturated rings. The molecule has 2 aliphatic heterocycles. The molecule has 0 aromatic heterocycles. The van der Waals surface area contributed by atoms with Crippen molar-refractivity contribution in [1.29, 1.82) is 0 Å². The summed E-state index contributed by atoms with van der Waals surface area (Å²) < 4.78 is 19.9. The van der Waals surface area contributed by atoms with Gasteiger partial charge in [-0.1, -0.05) is 55.0 Å². The van der Waals surface area contributed by atoms with Crippen molar-refractivity contribution in [1.82, 2.24) is 14.8 Å². The van der Waals surface area contributed by atoms with E-state index >= 15 is 0 Å². The minimum Gasteiger partial charge on any atom is -0.379 e. The third-order valence-electron chi connectivity index (χ3n) is 6.58. The van der Waals surface area contributed by atoms with E-state index in [9.17, 15) is 14.0 Å². The Morgan fingerprint density at radius 3 is 2.51 bits per heavy atom. The number of rotatable bonds is 8. The Labute approximate surface area is 206 Å². The maximum absolute atomic E-state index is 14.5. The van der Waals surface area contributed by atoms with E-state index in [1.165, 1.54) is 11.1 Å². The molecule has 1 unspecified atom stereocenters. The molecule has 2 amide bonds. The van der Waals surface area contributed by atoms with Crippen molar-refractivity contribution < 1.29 is 18.7 Å². The predicted octanol–water partition coefficient (Wildman–Crippen LogP) is 3.38. The Morgan fingerprint density at radius 2 is 1.83 bits per heavy atom. The highest BCUT2D eigenvalue weighted by molar-refractivity contribution is 6.03. The fraction of sp³-hybridized carbons (Fsp3) is 0.444. The fourth-order valence-electron chi connectivity index (χ4n) is 4.48. The van der Waals surface area contributed by atoms with E-state index < -0.39 is 0 Å². The van der Waals surface area contributed by atoms with Crippen LogP contribution in [-0.4, -0.2) is 78.3 Å². The fourth-order valence-corrected chi connectivity index (χ4v) is 4.48. The summed E-state index contributed by atoms with van der Waals surface area (Å²) in [6, 6.07) is 14.1. The number of benzene rings is 2. The van der Waals surface area contributed by atoms with Gasteiger partial charge in [-0.3, -0.25) is 14.5 Å². The van der Waals surface area contributed by atoms with Gasteiger partial charge in [-0.25, -0.2) is 9.40 Å². The highest BCUT2D eigenvalue weighted by atomic mass is 19.1. The Morgan fingerprint density at radius 1 is 1.11 bits per heavy atom. The van der Waals surface area contributed by atoms with Crippen LogP contribution in [0.2, 0.25) is 0 Å². The minimum absolute atomic E-state index is 0.0621.